The number of rotatable bonds is 4. The second-order valence-electron chi connectivity index (χ2n) is 6.59. The van der Waals surface area contributed by atoms with Crippen molar-refractivity contribution >= 4 is 22.8 Å². The van der Waals surface area contributed by atoms with Gasteiger partial charge in [-0.1, -0.05) is 5.21 Å². The van der Waals surface area contributed by atoms with Crippen LogP contribution >= 0.6 is 0 Å². The van der Waals surface area contributed by atoms with Crippen LogP contribution in [-0.4, -0.2) is 26.0 Å². The molecule has 1 saturated carbocycles. The Hall–Kier alpha value is -2.96. The molecule has 1 atom stereocenters. The Labute approximate surface area is 145 Å². The lowest BCUT2D eigenvalue weighted by Gasteiger charge is -2.18. The molecule has 0 bridgehead atoms. The van der Waals surface area contributed by atoms with Crippen LogP contribution in [0.15, 0.2) is 36.5 Å². The topological polar surface area (TPSA) is 84.7 Å². The summed E-state index contributed by atoms with van der Waals surface area (Å²) in [5.41, 5.74) is 4.43. The average Bonchev–Trinajstić information content (AvgIpc) is 3.37. The van der Waals surface area contributed by atoms with Crippen LogP contribution in [0.4, 0.5) is 10.5 Å². The highest BCUT2D eigenvalue weighted by Crippen LogP contribution is 2.40. The fourth-order valence-electron chi connectivity index (χ4n) is 3.02. The molecule has 7 nitrogen and oxygen atoms in total. The molecule has 0 unspecified atom stereocenters. The molecule has 2 N–H and O–H groups in total. The summed E-state index contributed by atoms with van der Waals surface area (Å²) in [4.78, 5) is 16.9. The molecule has 25 heavy (non-hydrogen) atoms. The lowest BCUT2D eigenvalue weighted by molar-refractivity contribution is 0.246. The molecule has 1 aliphatic carbocycles. The summed E-state index contributed by atoms with van der Waals surface area (Å²) in [5.74, 6) is 0.461. The van der Waals surface area contributed by atoms with Crippen LogP contribution < -0.4 is 10.6 Å². The number of fused-ring (bicyclic) bond motifs is 1. The zero-order valence-corrected chi connectivity index (χ0v) is 14.2. The predicted octanol–water partition coefficient (Wildman–Crippen LogP) is 2.94. The van der Waals surface area contributed by atoms with Crippen molar-refractivity contribution < 1.29 is 4.79 Å². The van der Waals surface area contributed by atoms with Crippen LogP contribution in [0.1, 0.15) is 30.1 Å². The number of aryl methyl sites for hydroxylation is 2. The number of urea groups is 1. The van der Waals surface area contributed by atoms with Gasteiger partial charge in [0, 0.05) is 18.9 Å². The van der Waals surface area contributed by atoms with Crippen LogP contribution in [0.5, 0.6) is 0 Å². The van der Waals surface area contributed by atoms with Gasteiger partial charge < -0.3 is 10.6 Å². The third-order valence-corrected chi connectivity index (χ3v) is 4.50. The van der Waals surface area contributed by atoms with E-state index in [9.17, 15) is 4.79 Å². The first-order valence-corrected chi connectivity index (χ1v) is 8.39. The van der Waals surface area contributed by atoms with Gasteiger partial charge in [0.15, 0.2) is 0 Å². The molecular weight excluding hydrogens is 316 g/mol. The molecule has 1 aromatic carbocycles. The largest absolute Gasteiger partial charge is 0.329 e. The molecule has 2 aromatic heterocycles. The number of hydrogen-bond acceptors (Lipinski definition) is 4. The summed E-state index contributed by atoms with van der Waals surface area (Å²) in [5, 5.41) is 14.0. The number of carbonyl (C=O) groups is 1. The Morgan fingerprint density at radius 1 is 1.28 bits per heavy atom. The van der Waals surface area contributed by atoms with E-state index < -0.39 is 0 Å². The van der Waals surface area contributed by atoms with Crippen LogP contribution in [0.2, 0.25) is 0 Å². The summed E-state index contributed by atoms with van der Waals surface area (Å²) in [6.45, 7) is 2.03. The van der Waals surface area contributed by atoms with Gasteiger partial charge in [-0.2, -0.15) is 0 Å². The van der Waals surface area contributed by atoms with E-state index in [0.29, 0.717) is 11.6 Å². The number of anilines is 1. The predicted molar refractivity (Wildman–Crippen MR) is 95.1 cm³/mol. The number of nitrogens with one attached hydrogen (secondary N) is 2. The molecule has 1 aliphatic rings. The van der Waals surface area contributed by atoms with Gasteiger partial charge >= 0.3 is 6.03 Å². The fourth-order valence-corrected chi connectivity index (χ4v) is 3.02. The SMILES string of the molecule is Cc1ccnc([C@H](NC(=O)Nc2ccc3c(c2)nnn3C)C2CC2)c1. The molecular formula is C18H20N6O. The fraction of sp³-hybridized carbons (Fsp3) is 0.333. The van der Waals surface area contributed by atoms with Crippen LogP contribution in [0, 0.1) is 12.8 Å². The van der Waals surface area contributed by atoms with E-state index in [0.717, 1.165) is 35.1 Å². The van der Waals surface area contributed by atoms with Crippen molar-refractivity contribution in [3.63, 3.8) is 0 Å². The van der Waals surface area contributed by atoms with Crippen molar-refractivity contribution in [3.8, 4) is 0 Å². The summed E-state index contributed by atoms with van der Waals surface area (Å²) in [7, 11) is 1.84. The number of benzene rings is 1. The Morgan fingerprint density at radius 3 is 2.88 bits per heavy atom. The van der Waals surface area contributed by atoms with E-state index in [1.807, 2.05) is 44.3 Å². The number of aromatic nitrogens is 4. The van der Waals surface area contributed by atoms with E-state index in [2.05, 4.69) is 25.9 Å². The molecule has 3 aromatic rings. The number of nitrogens with zero attached hydrogens (tertiary/aromatic N) is 4. The first-order valence-electron chi connectivity index (χ1n) is 8.39. The Morgan fingerprint density at radius 2 is 2.12 bits per heavy atom. The maximum atomic E-state index is 12.5. The second-order valence-corrected chi connectivity index (χ2v) is 6.59. The van der Waals surface area contributed by atoms with Crippen LogP contribution in [0.25, 0.3) is 11.0 Å². The molecule has 2 heterocycles. The molecule has 128 valence electrons. The minimum Gasteiger partial charge on any atom is -0.329 e. The quantitative estimate of drug-likeness (QED) is 0.767. The Bertz CT molecular complexity index is 930. The van der Waals surface area contributed by atoms with Gasteiger partial charge in [-0.15, -0.1) is 5.10 Å². The molecule has 0 aliphatic heterocycles. The third-order valence-electron chi connectivity index (χ3n) is 4.50. The molecule has 4 rings (SSSR count). The molecule has 1 fully saturated rings. The Balaban J connectivity index is 1.49. The average molecular weight is 336 g/mol. The third kappa shape index (κ3) is 3.31. The summed E-state index contributed by atoms with van der Waals surface area (Å²) in [6, 6.07) is 9.27. The van der Waals surface area contributed by atoms with Crippen LogP contribution in [0.3, 0.4) is 0 Å². The lowest BCUT2D eigenvalue weighted by Crippen LogP contribution is -2.34. The van der Waals surface area contributed by atoms with Gasteiger partial charge in [0.1, 0.15) is 5.52 Å². The highest BCUT2D eigenvalue weighted by Gasteiger charge is 2.34. The molecule has 0 saturated heterocycles. The number of pyridine rings is 1. The van der Waals surface area contributed by atoms with Crippen molar-refractivity contribution in [2.24, 2.45) is 13.0 Å². The molecule has 7 heteroatoms. The first kappa shape index (κ1) is 15.6. The minimum atomic E-state index is -0.233. The second kappa shape index (κ2) is 6.16. The monoisotopic (exact) mass is 336 g/mol. The highest BCUT2D eigenvalue weighted by molar-refractivity contribution is 5.92. The van der Waals surface area contributed by atoms with Crippen LogP contribution in [-0.2, 0) is 7.05 Å². The molecule has 0 spiro atoms. The van der Waals surface area contributed by atoms with Crippen molar-refractivity contribution in [2.75, 3.05) is 5.32 Å². The van der Waals surface area contributed by atoms with E-state index in [4.69, 9.17) is 0 Å². The summed E-state index contributed by atoms with van der Waals surface area (Å²) >= 11 is 0. The lowest BCUT2D eigenvalue weighted by atomic mass is 10.1. The van der Waals surface area contributed by atoms with Gasteiger partial charge in [0.25, 0.3) is 0 Å². The van der Waals surface area contributed by atoms with E-state index in [1.165, 1.54) is 0 Å². The first-order chi connectivity index (χ1) is 12.1. The van der Waals surface area contributed by atoms with Gasteiger partial charge in [0.05, 0.1) is 17.3 Å². The van der Waals surface area contributed by atoms with Gasteiger partial charge in [0.2, 0.25) is 0 Å². The zero-order valence-electron chi connectivity index (χ0n) is 14.2. The van der Waals surface area contributed by atoms with Gasteiger partial charge in [-0.3, -0.25) is 4.98 Å². The summed E-state index contributed by atoms with van der Waals surface area (Å²) in [6.07, 6.45) is 4.03. The normalized spacial score (nSPS) is 15.1. The van der Waals surface area contributed by atoms with Crippen molar-refractivity contribution in [3.05, 3.63) is 47.8 Å². The van der Waals surface area contributed by atoms with E-state index in [-0.39, 0.29) is 12.1 Å². The van der Waals surface area contributed by atoms with Gasteiger partial charge in [-0.05, 0) is 61.6 Å². The zero-order chi connectivity index (χ0) is 17.4. The standard InChI is InChI=1S/C18H20N6O/c1-11-7-8-19-15(9-11)17(12-3-4-12)21-18(25)20-13-5-6-16-14(10-13)22-23-24(16)2/h5-10,12,17H,3-4H2,1-2H3,(H2,20,21,25)/t17-/m1/s1. The number of amides is 2. The van der Waals surface area contributed by atoms with Gasteiger partial charge in [-0.25, -0.2) is 9.48 Å². The van der Waals surface area contributed by atoms with E-state index >= 15 is 0 Å². The van der Waals surface area contributed by atoms with Crippen molar-refractivity contribution in [1.82, 2.24) is 25.3 Å². The Kier molecular flexibility index (Phi) is 3.83. The van der Waals surface area contributed by atoms with Crippen molar-refractivity contribution in [2.45, 2.75) is 25.8 Å². The van der Waals surface area contributed by atoms with Crippen molar-refractivity contribution in [1.29, 1.82) is 0 Å². The smallest absolute Gasteiger partial charge is 0.319 e. The molecule has 0 radical (unpaired) electrons. The number of carbonyl (C=O) groups excluding carboxylic acids is 1. The van der Waals surface area contributed by atoms with E-state index in [1.54, 1.807) is 10.9 Å². The molecule has 2 amide bonds. The number of hydrogen-bond donors (Lipinski definition) is 2. The maximum Gasteiger partial charge on any atom is 0.319 e. The minimum absolute atomic E-state index is 0.0554. The summed E-state index contributed by atoms with van der Waals surface area (Å²) < 4.78 is 1.70. The maximum absolute atomic E-state index is 12.5. The highest BCUT2D eigenvalue weighted by atomic mass is 16.2.